The molecule has 144 valence electrons. The first kappa shape index (κ1) is 20.1. The lowest BCUT2D eigenvalue weighted by Crippen LogP contribution is -2.50. The average Bonchev–Trinajstić information content (AvgIpc) is 3.16. The summed E-state index contributed by atoms with van der Waals surface area (Å²) in [6.07, 6.45) is 1.51. The summed E-state index contributed by atoms with van der Waals surface area (Å²) in [5.74, 6) is -0.956. The standard InChI is InChI=1S/C12H13N3O3.C4H11NO3/c16-12(17)9-5-8(15-1-3-18-4-2-15)6-10-11(9)14-7-13-10;5-4(1-6,2-7)3-8/h5-7H,1-4H2,(H,13,14)(H,16,17);6-8H,1-3,5H2. The smallest absolute Gasteiger partial charge is 0.338 e. The topological polar surface area (TPSA) is 165 Å². The number of hydrogen-bond donors (Lipinski definition) is 6. The predicted octanol–water partition coefficient (Wildman–Crippen LogP) is -1.24. The first-order valence-corrected chi connectivity index (χ1v) is 8.08. The van der Waals surface area contributed by atoms with E-state index in [0.29, 0.717) is 18.7 Å². The molecular weight excluding hydrogens is 344 g/mol. The molecule has 0 spiro atoms. The summed E-state index contributed by atoms with van der Waals surface area (Å²) >= 11 is 0. The number of morpholine rings is 1. The van der Waals surface area contributed by atoms with E-state index in [1.165, 1.54) is 6.33 Å². The number of nitrogens with zero attached hydrogens (tertiary/aromatic N) is 2. The summed E-state index contributed by atoms with van der Waals surface area (Å²) in [6, 6.07) is 3.61. The van der Waals surface area contributed by atoms with Crippen LogP contribution in [0.5, 0.6) is 0 Å². The fourth-order valence-corrected chi connectivity index (χ4v) is 2.35. The Kier molecular flexibility index (Phi) is 6.89. The minimum absolute atomic E-state index is 0.232. The summed E-state index contributed by atoms with van der Waals surface area (Å²) in [6.45, 7) is 1.68. The second-order valence-corrected chi connectivity index (χ2v) is 6.03. The molecule has 0 atom stereocenters. The van der Waals surface area contributed by atoms with E-state index in [1.807, 2.05) is 6.07 Å². The summed E-state index contributed by atoms with van der Waals surface area (Å²) in [7, 11) is 0. The van der Waals surface area contributed by atoms with E-state index in [4.69, 9.17) is 25.8 Å². The number of nitrogens with two attached hydrogens (primary N) is 1. The Labute approximate surface area is 149 Å². The van der Waals surface area contributed by atoms with Crippen molar-refractivity contribution in [3.63, 3.8) is 0 Å². The summed E-state index contributed by atoms with van der Waals surface area (Å²) in [5.41, 5.74) is 6.31. The fourth-order valence-electron chi connectivity index (χ4n) is 2.35. The van der Waals surface area contributed by atoms with Gasteiger partial charge in [-0.25, -0.2) is 9.78 Å². The van der Waals surface area contributed by atoms with Gasteiger partial charge in [-0.1, -0.05) is 0 Å². The van der Waals surface area contributed by atoms with Crippen LogP contribution in [0.1, 0.15) is 10.4 Å². The van der Waals surface area contributed by atoms with Gasteiger partial charge in [0.05, 0.1) is 56.0 Å². The molecule has 0 amide bonds. The van der Waals surface area contributed by atoms with Crippen molar-refractivity contribution in [1.82, 2.24) is 9.97 Å². The number of aromatic amines is 1. The van der Waals surface area contributed by atoms with E-state index >= 15 is 0 Å². The lowest BCUT2D eigenvalue weighted by Gasteiger charge is -2.29. The molecule has 2 heterocycles. The molecule has 0 radical (unpaired) electrons. The van der Waals surface area contributed by atoms with E-state index in [2.05, 4.69) is 14.9 Å². The highest BCUT2D eigenvalue weighted by atomic mass is 16.5. The molecule has 2 aromatic rings. The molecule has 1 saturated heterocycles. The lowest BCUT2D eigenvalue weighted by molar-refractivity contribution is 0.0692. The van der Waals surface area contributed by atoms with Gasteiger partial charge in [0, 0.05) is 18.8 Å². The molecule has 0 saturated carbocycles. The molecule has 1 aromatic carbocycles. The Hall–Kier alpha value is -2.24. The number of aromatic carboxylic acids is 1. The first-order chi connectivity index (χ1) is 12.4. The van der Waals surface area contributed by atoms with Crippen molar-refractivity contribution in [2.45, 2.75) is 5.54 Å². The number of ether oxygens (including phenoxy) is 1. The average molecular weight is 368 g/mol. The fraction of sp³-hybridized carbons (Fsp3) is 0.500. The number of carbonyl (C=O) groups is 1. The van der Waals surface area contributed by atoms with Crippen molar-refractivity contribution < 1.29 is 30.0 Å². The number of hydrogen-bond acceptors (Lipinski definition) is 8. The van der Waals surface area contributed by atoms with Crippen LogP contribution in [0.15, 0.2) is 18.5 Å². The van der Waals surface area contributed by atoms with Gasteiger partial charge in [-0.3, -0.25) is 0 Å². The van der Waals surface area contributed by atoms with Crippen molar-refractivity contribution in [2.75, 3.05) is 51.0 Å². The van der Waals surface area contributed by atoms with Gasteiger partial charge in [0.15, 0.2) is 0 Å². The van der Waals surface area contributed by atoms with E-state index in [1.54, 1.807) is 6.07 Å². The number of anilines is 1. The number of carboxylic acids is 1. The van der Waals surface area contributed by atoms with Gasteiger partial charge < -0.3 is 40.8 Å². The van der Waals surface area contributed by atoms with Crippen LogP contribution in [0.4, 0.5) is 5.69 Å². The van der Waals surface area contributed by atoms with E-state index < -0.39 is 31.3 Å². The Balaban J connectivity index is 0.000000260. The highest BCUT2D eigenvalue weighted by Crippen LogP contribution is 2.24. The van der Waals surface area contributed by atoms with Crippen LogP contribution < -0.4 is 10.6 Å². The summed E-state index contributed by atoms with van der Waals surface area (Å²) in [4.78, 5) is 20.4. The van der Waals surface area contributed by atoms with Crippen LogP contribution >= 0.6 is 0 Å². The number of imidazole rings is 1. The second kappa shape index (κ2) is 8.92. The zero-order chi connectivity index (χ0) is 19.2. The van der Waals surface area contributed by atoms with Crippen molar-refractivity contribution in [3.8, 4) is 0 Å². The third kappa shape index (κ3) is 4.68. The maximum Gasteiger partial charge on any atom is 0.338 e. The van der Waals surface area contributed by atoms with E-state index in [9.17, 15) is 9.90 Å². The predicted molar refractivity (Wildman–Crippen MR) is 94.3 cm³/mol. The number of carboxylic acid groups (broad SMARTS) is 1. The van der Waals surface area contributed by atoms with E-state index in [-0.39, 0.29) is 5.56 Å². The van der Waals surface area contributed by atoms with Crippen molar-refractivity contribution in [3.05, 3.63) is 24.0 Å². The monoisotopic (exact) mass is 368 g/mol. The molecule has 3 rings (SSSR count). The van der Waals surface area contributed by atoms with Gasteiger partial charge in [-0.2, -0.15) is 0 Å². The van der Waals surface area contributed by atoms with Crippen LogP contribution in [0.25, 0.3) is 11.0 Å². The maximum absolute atomic E-state index is 11.3. The Bertz CT molecular complexity index is 716. The minimum atomic E-state index is -1.21. The Morgan fingerprint density at radius 3 is 2.35 bits per heavy atom. The van der Waals surface area contributed by atoms with Crippen LogP contribution in [-0.4, -0.2) is 88.0 Å². The normalized spacial score (nSPS) is 14.8. The minimum Gasteiger partial charge on any atom is -0.478 e. The molecule has 0 aliphatic carbocycles. The van der Waals surface area contributed by atoms with Gasteiger partial charge >= 0.3 is 5.97 Å². The van der Waals surface area contributed by atoms with Crippen molar-refractivity contribution in [1.29, 1.82) is 0 Å². The molecule has 10 heteroatoms. The zero-order valence-corrected chi connectivity index (χ0v) is 14.3. The molecule has 0 unspecified atom stereocenters. The molecule has 10 nitrogen and oxygen atoms in total. The van der Waals surface area contributed by atoms with Crippen LogP contribution in [0.3, 0.4) is 0 Å². The molecule has 1 fully saturated rings. The number of fused-ring (bicyclic) bond motifs is 1. The molecular formula is C16H24N4O6. The number of H-pyrrole nitrogens is 1. The number of aliphatic hydroxyl groups excluding tert-OH is 3. The second-order valence-electron chi connectivity index (χ2n) is 6.03. The van der Waals surface area contributed by atoms with Gasteiger partial charge in [0.1, 0.15) is 5.52 Å². The number of aliphatic hydroxyl groups is 3. The molecule has 1 aliphatic heterocycles. The molecule has 26 heavy (non-hydrogen) atoms. The first-order valence-electron chi connectivity index (χ1n) is 8.08. The third-order valence-corrected chi connectivity index (χ3v) is 4.06. The van der Waals surface area contributed by atoms with Gasteiger partial charge in [0.25, 0.3) is 0 Å². The van der Waals surface area contributed by atoms with Crippen LogP contribution in [0, 0.1) is 0 Å². The number of rotatable bonds is 5. The quantitative estimate of drug-likeness (QED) is 0.378. The highest BCUT2D eigenvalue weighted by Gasteiger charge is 2.20. The Morgan fingerprint density at radius 2 is 1.85 bits per heavy atom. The van der Waals surface area contributed by atoms with Crippen LogP contribution in [0.2, 0.25) is 0 Å². The number of benzene rings is 1. The SMILES string of the molecule is NC(CO)(CO)CO.O=C(O)c1cc(N2CCOCC2)cc2[nH]cnc12. The lowest BCUT2D eigenvalue weighted by atomic mass is 10.1. The summed E-state index contributed by atoms with van der Waals surface area (Å²) < 4.78 is 5.29. The van der Waals surface area contributed by atoms with Crippen molar-refractivity contribution in [2.24, 2.45) is 5.73 Å². The van der Waals surface area contributed by atoms with Gasteiger partial charge in [-0.05, 0) is 12.1 Å². The number of nitrogens with one attached hydrogen (secondary N) is 1. The number of aromatic nitrogens is 2. The molecule has 7 N–H and O–H groups in total. The maximum atomic E-state index is 11.3. The van der Waals surface area contributed by atoms with Gasteiger partial charge in [-0.15, -0.1) is 0 Å². The van der Waals surface area contributed by atoms with E-state index in [0.717, 1.165) is 24.3 Å². The van der Waals surface area contributed by atoms with Gasteiger partial charge in [0.2, 0.25) is 0 Å². The summed E-state index contributed by atoms with van der Waals surface area (Å²) in [5, 5.41) is 34.2. The third-order valence-electron chi connectivity index (χ3n) is 4.06. The van der Waals surface area contributed by atoms with Crippen LogP contribution in [-0.2, 0) is 4.74 Å². The largest absolute Gasteiger partial charge is 0.478 e. The molecule has 0 bridgehead atoms. The molecule has 1 aliphatic rings. The van der Waals surface area contributed by atoms with Crippen molar-refractivity contribution >= 4 is 22.7 Å². The highest BCUT2D eigenvalue weighted by molar-refractivity contribution is 6.02. The Morgan fingerprint density at radius 1 is 1.23 bits per heavy atom. The zero-order valence-electron chi connectivity index (χ0n) is 14.3. The molecule has 1 aromatic heterocycles.